The van der Waals surface area contributed by atoms with E-state index in [0.29, 0.717) is 13.1 Å². The predicted molar refractivity (Wildman–Crippen MR) is 254 cm³/mol. The minimum absolute atomic E-state index is 0.218. The van der Waals surface area contributed by atoms with Crippen molar-refractivity contribution in [1.29, 1.82) is 0 Å². The maximum atomic E-state index is 11.2. The maximum Gasteiger partial charge on any atom is 0.120 e. The fourth-order valence-corrected chi connectivity index (χ4v) is 9.70. The second kappa shape index (κ2) is 18.1. The normalized spacial score (nSPS) is 15.3. The van der Waals surface area contributed by atoms with Crippen LogP contribution in [0.2, 0.25) is 0 Å². The fourth-order valence-electron chi connectivity index (χ4n) is 9.70. The number of rotatable bonds is 14. The molecule has 6 aromatic carbocycles. The lowest BCUT2D eigenvalue weighted by atomic mass is 9.90. The Morgan fingerprint density at radius 1 is 0.578 bits per heavy atom. The highest BCUT2D eigenvalue weighted by molar-refractivity contribution is 5.86. The van der Waals surface area contributed by atoms with Crippen LogP contribution in [0.25, 0.3) is 44.3 Å². The second-order valence-corrected chi connectivity index (χ2v) is 17.9. The Morgan fingerprint density at radius 2 is 1.22 bits per heavy atom. The molecule has 0 radical (unpaired) electrons. The highest BCUT2D eigenvalue weighted by atomic mass is 16.5. The van der Waals surface area contributed by atoms with Crippen LogP contribution in [0.4, 0.5) is 0 Å². The van der Waals surface area contributed by atoms with E-state index in [2.05, 4.69) is 105 Å². The van der Waals surface area contributed by atoms with E-state index in [4.69, 9.17) is 14.5 Å². The molecule has 0 saturated heterocycles. The average molecular weight is 853 g/mol. The fraction of sp³-hybridized carbons (Fsp3) is 0.296. The number of β-amino-alcohol motifs (C(OH)–C–C–N with tert-alkyl or cyclic N) is 2. The predicted octanol–water partition coefficient (Wildman–Crippen LogP) is 8.29. The first-order valence-corrected chi connectivity index (χ1v) is 22.5. The SMILES string of the molecule is Cc1ccc2c(c1)CN(CC(O)COc1cccc(-c3cc(Cc4cccc5c4CCN(CC(O)COc4cccc(-c6ccc7ncn(C)c7c6)c4)C5)c4ncn(C)c4c3)c1)CC2. The quantitative estimate of drug-likeness (QED) is 0.113. The molecule has 10 heteroatoms. The van der Waals surface area contributed by atoms with E-state index in [-0.39, 0.29) is 13.2 Å². The van der Waals surface area contributed by atoms with Gasteiger partial charge in [0.15, 0.2) is 0 Å². The Morgan fingerprint density at radius 3 is 1.98 bits per heavy atom. The lowest BCUT2D eigenvalue weighted by molar-refractivity contribution is 0.0637. The summed E-state index contributed by atoms with van der Waals surface area (Å²) < 4.78 is 16.5. The van der Waals surface area contributed by atoms with Gasteiger partial charge in [0.05, 0.1) is 34.7 Å². The van der Waals surface area contributed by atoms with Gasteiger partial charge in [0.2, 0.25) is 0 Å². The summed E-state index contributed by atoms with van der Waals surface area (Å²) >= 11 is 0. The third-order valence-electron chi connectivity index (χ3n) is 13.1. The summed E-state index contributed by atoms with van der Waals surface area (Å²) in [6, 6.07) is 40.4. The molecule has 2 N–H and O–H groups in total. The highest BCUT2D eigenvalue weighted by Crippen LogP contribution is 2.33. The molecule has 326 valence electrons. The van der Waals surface area contributed by atoms with Crippen LogP contribution in [0.3, 0.4) is 0 Å². The van der Waals surface area contributed by atoms with E-state index >= 15 is 0 Å². The summed E-state index contributed by atoms with van der Waals surface area (Å²) in [5.74, 6) is 1.48. The van der Waals surface area contributed by atoms with Gasteiger partial charge in [-0.25, -0.2) is 9.97 Å². The lowest BCUT2D eigenvalue weighted by Crippen LogP contribution is -2.39. The summed E-state index contributed by atoms with van der Waals surface area (Å²) in [7, 11) is 4.05. The van der Waals surface area contributed by atoms with Gasteiger partial charge in [0, 0.05) is 53.4 Å². The van der Waals surface area contributed by atoms with Crippen LogP contribution in [0.5, 0.6) is 11.5 Å². The van der Waals surface area contributed by atoms with Crippen molar-refractivity contribution in [2.45, 2.75) is 51.5 Å². The number of hydrogen-bond donors (Lipinski definition) is 2. The van der Waals surface area contributed by atoms with Gasteiger partial charge in [0.1, 0.15) is 36.9 Å². The summed E-state index contributed by atoms with van der Waals surface area (Å²) in [4.78, 5) is 14.0. The van der Waals surface area contributed by atoms with Gasteiger partial charge in [-0.3, -0.25) is 9.80 Å². The molecule has 10 rings (SSSR count). The van der Waals surface area contributed by atoms with E-state index in [1.165, 1.54) is 38.9 Å². The number of benzene rings is 6. The third-order valence-corrected chi connectivity index (χ3v) is 13.1. The number of aliphatic hydroxyl groups is 2. The van der Waals surface area contributed by atoms with Crippen molar-refractivity contribution in [3.05, 3.63) is 167 Å². The van der Waals surface area contributed by atoms with Crippen molar-refractivity contribution in [3.8, 4) is 33.8 Å². The highest BCUT2D eigenvalue weighted by Gasteiger charge is 2.23. The molecule has 0 aliphatic carbocycles. The zero-order valence-corrected chi connectivity index (χ0v) is 37.0. The minimum atomic E-state index is -0.629. The first-order chi connectivity index (χ1) is 31.2. The van der Waals surface area contributed by atoms with Gasteiger partial charge in [-0.15, -0.1) is 0 Å². The molecule has 4 heterocycles. The van der Waals surface area contributed by atoms with Crippen molar-refractivity contribution in [2.75, 3.05) is 39.4 Å². The molecule has 10 nitrogen and oxygen atoms in total. The molecule has 2 aliphatic rings. The molecule has 2 aromatic heterocycles. The van der Waals surface area contributed by atoms with Gasteiger partial charge in [0.25, 0.3) is 0 Å². The first kappa shape index (κ1) is 41.7. The molecule has 2 atom stereocenters. The van der Waals surface area contributed by atoms with Crippen molar-refractivity contribution >= 4 is 22.1 Å². The zero-order valence-electron chi connectivity index (χ0n) is 37.0. The van der Waals surface area contributed by atoms with Crippen molar-refractivity contribution < 1.29 is 19.7 Å². The first-order valence-electron chi connectivity index (χ1n) is 22.5. The standard InChI is InChI=1S/C54H56N6O4/c1-36-13-14-37-17-19-59(29-45(37)21-36)30-46(61)32-64-49-12-6-8-39(25-49)43-23-44(54-53(27-43)58(3)35-56-54)22-41-9-4-10-42-28-60(20-18-50(41)42)31-47(62)33-63-48-11-5-7-38(24-48)40-15-16-51-52(26-40)57(2)34-55-51/h4-16,21,23-27,34-35,46-47,61-62H,17-20,22,28-33H2,1-3H3. The maximum absolute atomic E-state index is 11.2. The topological polar surface area (TPSA) is 101 Å². The van der Waals surface area contributed by atoms with E-state index in [1.54, 1.807) is 0 Å². The summed E-state index contributed by atoms with van der Waals surface area (Å²) in [6.45, 7) is 7.13. The molecule has 0 spiro atoms. The Hall–Kier alpha value is -6.30. The Labute approximate surface area is 375 Å². The number of aliphatic hydroxyl groups excluding tert-OH is 2. The van der Waals surface area contributed by atoms with E-state index < -0.39 is 12.2 Å². The van der Waals surface area contributed by atoms with E-state index in [9.17, 15) is 10.2 Å². The molecule has 2 unspecified atom stereocenters. The Balaban J connectivity index is 0.776. The molecule has 8 aromatic rings. The van der Waals surface area contributed by atoms with Gasteiger partial charge in [-0.2, -0.15) is 0 Å². The molecule has 0 bridgehead atoms. The molecule has 0 amide bonds. The number of ether oxygens (including phenoxy) is 2. The minimum Gasteiger partial charge on any atom is -0.491 e. The molecular formula is C54H56N6O4. The number of hydrogen-bond acceptors (Lipinski definition) is 8. The van der Waals surface area contributed by atoms with Gasteiger partial charge in [-0.1, -0.05) is 72.3 Å². The molecule has 64 heavy (non-hydrogen) atoms. The average Bonchev–Trinajstić information content (AvgIpc) is 3.88. The molecule has 0 saturated carbocycles. The Bertz CT molecular complexity index is 2950. The summed E-state index contributed by atoms with van der Waals surface area (Å²) in [6.07, 6.45) is 5.18. The number of nitrogens with zero attached hydrogens (tertiary/aromatic N) is 6. The van der Waals surface area contributed by atoms with Crippen LogP contribution in [0.1, 0.15) is 38.9 Å². The number of aromatic nitrogens is 4. The monoisotopic (exact) mass is 852 g/mol. The van der Waals surface area contributed by atoms with Crippen LogP contribution in [-0.2, 0) is 46.4 Å². The smallest absolute Gasteiger partial charge is 0.120 e. The van der Waals surface area contributed by atoms with Crippen molar-refractivity contribution in [2.24, 2.45) is 14.1 Å². The van der Waals surface area contributed by atoms with Gasteiger partial charge >= 0.3 is 0 Å². The van der Waals surface area contributed by atoms with Crippen LogP contribution < -0.4 is 9.47 Å². The number of imidazole rings is 2. The van der Waals surface area contributed by atoms with Crippen molar-refractivity contribution in [1.82, 2.24) is 28.9 Å². The van der Waals surface area contributed by atoms with Gasteiger partial charge < -0.3 is 28.8 Å². The molecule has 2 aliphatic heterocycles. The van der Waals surface area contributed by atoms with Crippen LogP contribution in [0, 0.1) is 6.92 Å². The van der Waals surface area contributed by atoms with Gasteiger partial charge in [-0.05, 0) is 130 Å². The van der Waals surface area contributed by atoms with Crippen molar-refractivity contribution in [3.63, 3.8) is 0 Å². The lowest BCUT2D eigenvalue weighted by Gasteiger charge is -2.31. The van der Waals surface area contributed by atoms with E-state index in [0.717, 1.165) is 101 Å². The summed E-state index contributed by atoms with van der Waals surface area (Å²) in [5.41, 5.74) is 17.7. The number of fused-ring (bicyclic) bond motifs is 4. The van der Waals surface area contributed by atoms with Crippen LogP contribution in [0.15, 0.2) is 128 Å². The molecular weight excluding hydrogens is 797 g/mol. The molecule has 0 fully saturated rings. The second-order valence-electron chi connectivity index (χ2n) is 17.9. The Kier molecular flexibility index (Phi) is 11.8. The van der Waals surface area contributed by atoms with E-state index in [1.807, 2.05) is 67.7 Å². The summed E-state index contributed by atoms with van der Waals surface area (Å²) in [5, 5.41) is 22.2. The van der Waals surface area contributed by atoms with Crippen LogP contribution >= 0.6 is 0 Å². The zero-order chi connectivity index (χ0) is 43.7. The third kappa shape index (κ3) is 9.05. The van der Waals surface area contributed by atoms with Crippen LogP contribution in [-0.4, -0.2) is 90.7 Å². The number of aryl methyl sites for hydroxylation is 3. The largest absolute Gasteiger partial charge is 0.491 e.